The van der Waals surface area contributed by atoms with Crippen LogP contribution in [0.5, 0.6) is 0 Å². The summed E-state index contributed by atoms with van der Waals surface area (Å²) in [5.74, 6) is -1.17. The fourth-order valence-corrected chi connectivity index (χ4v) is 1.38. The number of nitriles is 1. The number of anilines is 1. The molecule has 1 rings (SSSR count). The molecule has 0 heterocycles. The Labute approximate surface area is 126 Å². The van der Waals surface area contributed by atoms with Gasteiger partial charge in [-0.1, -0.05) is 0 Å². The molecule has 0 spiro atoms. The van der Waals surface area contributed by atoms with Gasteiger partial charge in [0.25, 0.3) is 11.6 Å². The lowest BCUT2D eigenvalue weighted by molar-refractivity contribution is -0.384. The lowest BCUT2D eigenvalue weighted by Crippen LogP contribution is -2.28. The van der Waals surface area contributed by atoms with Crippen molar-refractivity contribution in [1.82, 2.24) is 0 Å². The molecule has 116 valence electrons. The van der Waals surface area contributed by atoms with Crippen molar-refractivity contribution in [1.29, 1.82) is 5.26 Å². The number of nitrogens with zero attached hydrogens (tertiary/aromatic N) is 2. The average molecular weight is 305 g/mol. The number of nitro benzene ring substituents is 1. The van der Waals surface area contributed by atoms with Crippen molar-refractivity contribution in [2.24, 2.45) is 5.41 Å². The van der Waals surface area contributed by atoms with Crippen LogP contribution in [0.2, 0.25) is 0 Å². The third-order valence-corrected chi connectivity index (χ3v) is 2.56. The van der Waals surface area contributed by atoms with Gasteiger partial charge >= 0.3 is 5.97 Å². The molecule has 0 unspecified atom stereocenters. The number of hydrogen-bond donors (Lipinski definition) is 1. The first-order valence-electron chi connectivity index (χ1n) is 6.30. The Morgan fingerprint density at radius 2 is 2.05 bits per heavy atom. The van der Waals surface area contributed by atoms with Crippen molar-refractivity contribution in [3.63, 3.8) is 0 Å². The predicted octanol–water partition coefficient (Wildman–Crippen LogP) is 1.99. The molecule has 1 N–H and O–H groups in total. The molecule has 0 aliphatic carbocycles. The number of nitrogens with one attached hydrogen (secondary N) is 1. The second-order valence-corrected chi connectivity index (χ2v) is 5.47. The third kappa shape index (κ3) is 4.56. The van der Waals surface area contributed by atoms with Crippen molar-refractivity contribution in [2.75, 3.05) is 11.9 Å². The number of amides is 1. The topological polar surface area (TPSA) is 122 Å². The van der Waals surface area contributed by atoms with Crippen LogP contribution in [0.15, 0.2) is 18.2 Å². The van der Waals surface area contributed by atoms with Crippen molar-refractivity contribution in [3.8, 4) is 6.07 Å². The number of nitro groups is 1. The van der Waals surface area contributed by atoms with E-state index in [1.807, 2.05) is 0 Å². The van der Waals surface area contributed by atoms with Crippen molar-refractivity contribution in [2.45, 2.75) is 20.8 Å². The minimum atomic E-state index is -0.731. The zero-order chi connectivity index (χ0) is 16.9. The van der Waals surface area contributed by atoms with Crippen LogP contribution >= 0.6 is 0 Å². The molecule has 1 amide bonds. The summed E-state index contributed by atoms with van der Waals surface area (Å²) in [6.07, 6.45) is 0. The van der Waals surface area contributed by atoms with Gasteiger partial charge in [0.1, 0.15) is 6.07 Å². The number of carbonyl (C=O) groups excluding carboxylic acids is 2. The van der Waals surface area contributed by atoms with Crippen LogP contribution in [0.4, 0.5) is 11.4 Å². The first-order valence-corrected chi connectivity index (χ1v) is 6.30. The molecule has 1 aromatic rings. The highest BCUT2D eigenvalue weighted by molar-refractivity contribution is 5.94. The minimum absolute atomic E-state index is 0.0512. The van der Waals surface area contributed by atoms with E-state index in [9.17, 15) is 19.7 Å². The van der Waals surface area contributed by atoms with Crippen molar-refractivity contribution < 1.29 is 19.2 Å². The Kier molecular flexibility index (Phi) is 5.18. The molecule has 0 saturated carbocycles. The molecule has 0 fully saturated rings. The SMILES string of the molecule is CC(C)(C)C(=O)OCC(=O)Nc1ccc([N+](=O)[O-])cc1C#N. The third-order valence-electron chi connectivity index (χ3n) is 2.56. The van der Waals surface area contributed by atoms with Crippen LogP contribution in [0.25, 0.3) is 0 Å². The fourth-order valence-electron chi connectivity index (χ4n) is 1.38. The van der Waals surface area contributed by atoms with Gasteiger partial charge in [-0.25, -0.2) is 0 Å². The summed E-state index contributed by atoms with van der Waals surface area (Å²) in [5.41, 5.74) is -0.922. The molecule has 1 aromatic carbocycles. The van der Waals surface area contributed by atoms with E-state index in [4.69, 9.17) is 10.00 Å². The lowest BCUT2D eigenvalue weighted by Gasteiger charge is -2.16. The maximum Gasteiger partial charge on any atom is 0.311 e. The Morgan fingerprint density at radius 3 is 2.55 bits per heavy atom. The number of ether oxygens (including phenoxy) is 1. The summed E-state index contributed by atoms with van der Waals surface area (Å²) < 4.78 is 4.83. The largest absolute Gasteiger partial charge is 0.455 e. The molecule has 0 bridgehead atoms. The molecular formula is C14H15N3O5. The van der Waals surface area contributed by atoms with E-state index >= 15 is 0 Å². The summed E-state index contributed by atoms with van der Waals surface area (Å²) in [4.78, 5) is 33.2. The van der Waals surface area contributed by atoms with Gasteiger partial charge < -0.3 is 10.1 Å². The van der Waals surface area contributed by atoms with E-state index in [1.165, 1.54) is 6.07 Å². The van der Waals surface area contributed by atoms with E-state index in [2.05, 4.69) is 5.32 Å². The highest BCUT2D eigenvalue weighted by Crippen LogP contribution is 2.21. The minimum Gasteiger partial charge on any atom is -0.455 e. The zero-order valence-corrected chi connectivity index (χ0v) is 12.4. The van der Waals surface area contributed by atoms with E-state index < -0.39 is 28.8 Å². The average Bonchev–Trinajstić information content (AvgIpc) is 2.43. The highest BCUT2D eigenvalue weighted by Gasteiger charge is 2.24. The summed E-state index contributed by atoms with van der Waals surface area (Å²) >= 11 is 0. The Hall–Kier alpha value is -2.95. The second-order valence-electron chi connectivity index (χ2n) is 5.47. The first-order chi connectivity index (χ1) is 10.1. The molecular weight excluding hydrogens is 290 g/mol. The van der Waals surface area contributed by atoms with Crippen LogP contribution < -0.4 is 5.32 Å². The number of carbonyl (C=O) groups is 2. The van der Waals surface area contributed by atoms with Gasteiger partial charge in [0.05, 0.1) is 21.6 Å². The predicted molar refractivity (Wildman–Crippen MR) is 76.9 cm³/mol. The first kappa shape index (κ1) is 17.1. The van der Waals surface area contributed by atoms with Crippen LogP contribution in [-0.2, 0) is 14.3 Å². The van der Waals surface area contributed by atoms with E-state index in [0.29, 0.717) is 0 Å². The van der Waals surface area contributed by atoms with Gasteiger partial charge in [-0.05, 0) is 26.8 Å². The molecule has 22 heavy (non-hydrogen) atoms. The van der Waals surface area contributed by atoms with Gasteiger partial charge in [0, 0.05) is 12.1 Å². The smallest absolute Gasteiger partial charge is 0.311 e. The molecule has 0 atom stereocenters. The van der Waals surface area contributed by atoms with Crippen LogP contribution in [0.1, 0.15) is 26.3 Å². The molecule has 8 nitrogen and oxygen atoms in total. The standard InChI is InChI=1S/C14H15N3O5/c1-14(2,3)13(19)22-8-12(18)16-11-5-4-10(17(20)21)6-9(11)7-15/h4-6H,8H2,1-3H3,(H,16,18). The summed E-state index contributed by atoms with van der Waals surface area (Å²) in [6, 6.07) is 5.23. The zero-order valence-electron chi connectivity index (χ0n) is 12.4. The van der Waals surface area contributed by atoms with E-state index in [-0.39, 0.29) is 16.9 Å². The van der Waals surface area contributed by atoms with Crippen LogP contribution in [0.3, 0.4) is 0 Å². The second kappa shape index (κ2) is 6.67. The van der Waals surface area contributed by atoms with Gasteiger partial charge in [-0.2, -0.15) is 5.26 Å². The summed E-state index contributed by atoms with van der Waals surface area (Å²) in [5, 5.41) is 22.0. The van der Waals surface area contributed by atoms with E-state index in [0.717, 1.165) is 12.1 Å². The quantitative estimate of drug-likeness (QED) is 0.515. The van der Waals surface area contributed by atoms with E-state index in [1.54, 1.807) is 26.8 Å². The maximum atomic E-state index is 11.7. The normalized spacial score (nSPS) is 10.5. The summed E-state index contributed by atoms with van der Waals surface area (Å²) in [7, 11) is 0. The van der Waals surface area contributed by atoms with Crippen LogP contribution in [-0.4, -0.2) is 23.4 Å². The molecule has 0 aliphatic heterocycles. The molecule has 0 saturated heterocycles. The Bertz CT molecular complexity index is 655. The van der Waals surface area contributed by atoms with Gasteiger partial charge in [0.2, 0.25) is 0 Å². The molecule has 0 aliphatic rings. The number of rotatable bonds is 4. The molecule has 0 aromatic heterocycles. The number of non-ortho nitro benzene ring substituents is 1. The number of hydrogen-bond acceptors (Lipinski definition) is 6. The monoisotopic (exact) mass is 305 g/mol. The number of benzene rings is 1. The number of esters is 1. The lowest BCUT2D eigenvalue weighted by atomic mass is 9.97. The van der Waals surface area contributed by atoms with Crippen molar-refractivity contribution >= 4 is 23.3 Å². The Balaban J connectivity index is 2.75. The highest BCUT2D eigenvalue weighted by atomic mass is 16.6. The fraction of sp³-hybridized carbons (Fsp3) is 0.357. The van der Waals surface area contributed by atoms with Gasteiger partial charge in [-0.3, -0.25) is 19.7 Å². The van der Waals surface area contributed by atoms with Gasteiger partial charge in [-0.15, -0.1) is 0 Å². The van der Waals surface area contributed by atoms with Crippen LogP contribution in [0, 0.1) is 26.9 Å². The molecule has 0 radical (unpaired) electrons. The summed E-state index contributed by atoms with van der Waals surface area (Å²) in [6.45, 7) is 4.45. The van der Waals surface area contributed by atoms with Gasteiger partial charge in [0.15, 0.2) is 6.61 Å². The maximum absolute atomic E-state index is 11.7. The van der Waals surface area contributed by atoms with Crippen molar-refractivity contribution in [3.05, 3.63) is 33.9 Å². The Morgan fingerprint density at radius 1 is 1.41 bits per heavy atom. The molecule has 8 heteroatoms.